The molecule has 1 fully saturated rings. The molecule has 0 saturated carbocycles. The van der Waals surface area contributed by atoms with Gasteiger partial charge >= 0.3 is 0 Å². The fourth-order valence-electron chi connectivity index (χ4n) is 2.68. The van der Waals surface area contributed by atoms with Crippen molar-refractivity contribution in [3.63, 3.8) is 0 Å². The highest BCUT2D eigenvalue weighted by Crippen LogP contribution is 2.27. The van der Waals surface area contributed by atoms with Gasteiger partial charge in [0.1, 0.15) is 5.75 Å². The molecule has 1 atom stereocenters. The van der Waals surface area contributed by atoms with E-state index >= 15 is 0 Å². The summed E-state index contributed by atoms with van der Waals surface area (Å²) < 4.78 is 5.60. The van der Waals surface area contributed by atoms with Crippen LogP contribution in [0.2, 0.25) is 0 Å². The number of hydrogen-bond donors (Lipinski definition) is 1. The van der Waals surface area contributed by atoms with Crippen LogP contribution < -0.4 is 10.1 Å². The molecule has 1 aliphatic heterocycles. The van der Waals surface area contributed by atoms with E-state index in [2.05, 4.69) is 35.3 Å². The van der Waals surface area contributed by atoms with Crippen molar-refractivity contribution in [1.82, 2.24) is 10.2 Å². The van der Waals surface area contributed by atoms with Crippen molar-refractivity contribution in [2.75, 3.05) is 32.8 Å². The SMILES string of the molecule is CCOc1cccc([C@@H](CC)N2CCNCC2)c1. The lowest BCUT2D eigenvalue weighted by Gasteiger charge is -2.34. The zero-order valence-electron chi connectivity index (χ0n) is 11.5. The van der Waals surface area contributed by atoms with Crippen molar-refractivity contribution >= 4 is 0 Å². The Morgan fingerprint density at radius 2 is 2.06 bits per heavy atom. The van der Waals surface area contributed by atoms with E-state index < -0.39 is 0 Å². The highest BCUT2D eigenvalue weighted by molar-refractivity contribution is 5.30. The Kier molecular flexibility index (Phi) is 5.02. The molecule has 0 aromatic heterocycles. The van der Waals surface area contributed by atoms with Gasteiger partial charge in [-0.15, -0.1) is 0 Å². The Bertz CT molecular complexity index is 361. The van der Waals surface area contributed by atoms with Gasteiger partial charge < -0.3 is 10.1 Å². The molecule has 1 aromatic rings. The molecule has 1 aliphatic rings. The first kappa shape index (κ1) is 13.4. The van der Waals surface area contributed by atoms with Gasteiger partial charge in [0.25, 0.3) is 0 Å². The third-order valence-electron chi connectivity index (χ3n) is 3.53. The van der Waals surface area contributed by atoms with Crippen LogP contribution in [0.5, 0.6) is 5.75 Å². The van der Waals surface area contributed by atoms with Crippen LogP contribution in [-0.2, 0) is 0 Å². The number of piperazine rings is 1. The van der Waals surface area contributed by atoms with Gasteiger partial charge in [-0.1, -0.05) is 19.1 Å². The summed E-state index contributed by atoms with van der Waals surface area (Å²) >= 11 is 0. The second-order valence-corrected chi connectivity index (χ2v) is 4.72. The second-order valence-electron chi connectivity index (χ2n) is 4.72. The predicted molar refractivity (Wildman–Crippen MR) is 75.1 cm³/mol. The minimum absolute atomic E-state index is 0.521. The Balaban J connectivity index is 2.12. The van der Waals surface area contributed by atoms with E-state index in [9.17, 15) is 0 Å². The van der Waals surface area contributed by atoms with Crippen LogP contribution in [0.4, 0.5) is 0 Å². The van der Waals surface area contributed by atoms with E-state index in [0.29, 0.717) is 6.04 Å². The molecule has 0 amide bonds. The first-order chi connectivity index (χ1) is 8.85. The van der Waals surface area contributed by atoms with Gasteiger partial charge in [-0.05, 0) is 31.0 Å². The van der Waals surface area contributed by atoms with E-state index in [-0.39, 0.29) is 0 Å². The first-order valence-corrected chi connectivity index (χ1v) is 7.02. The summed E-state index contributed by atoms with van der Waals surface area (Å²) in [5, 5.41) is 3.41. The molecule has 18 heavy (non-hydrogen) atoms. The number of hydrogen-bond acceptors (Lipinski definition) is 3. The van der Waals surface area contributed by atoms with Crippen LogP contribution in [0, 0.1) is 0 Å². The molecule has 1 saturated heterocycles. The zero-order valence-corrected chi connectivity index (χ0v) is 11.5. The van der Waals surface area contributed by atoms with Crippen LogP contribution >= 0.6 is 0 Å². The summed E-state index contributed by atoms with van der Waals surface area (Å²) in [4.78, 5) is 2.57. The largest absolute Gasteiger partial charge is 0.494 e. The minimum atomic E-state index is 0.521. The summed E-state index contributed by atoms with van der Waals surface area (Å²) in [5.74, 6) is 0.989. The third-order valence-corrected chi connectivity index (χ3v) is 3.53. The molecule has 3 heteroatoms. The van der Waals surface area contributed by atoms with E-state index in [1.165, 1.54) is 5.56 Å². The van der Waals surface area contributed by atoms with Crippen molar-refractivity contribution in [2.24, 2.45) is 0 Å². The molecule has 1 heterocycles. The van der Waals surface area contributed by atoms with Crippen LogP contribution in [0.15, 0.2) is 24.3 Å². The van der Waals surface area contributed by atoms with Crippen LogP contribution in [0.1, 0.15) is 31.9 Å². The van der Waals surface area contributed by atoms with Crippen molar-refractivity contribution in [1.29, 1.82) is 0 Å². The standard InChI is InChI=1S/C15H24N2O/c1-3-15(17-10-8-16-9-11-17)13-6-5-7-14(12-13)18-4-2/h5-7,12,15-16H,3-4,8-11H2,1-2H3/t15-/m1/s1. The Morgan fingerprint density at radius 1 is 1.28 bits per heavy atom. The number of benzene rings is 1. The summed E-state index contributed by atoms with van der Waals surface area (Å²) in [5.41, 5.74) is 1.38. The maximum atomic E-state index is 5.60. The Hall–Kier alpha value is -1.06. The van der Waals surface area contributed by atoms with Gasteiger partial charge in [0.15, 0.2) is 0 Å². The molecular weight excluding hydrogens is 224 g/mol. The Labute approximate surface area is 110 Å². The van der Waals surface area contributed by atoms with Gasteiger partial charge in [0.05, 0.1) is 6.61 Å². The average Bonchev–Trinajstić information content (AvgIpc) is 2.42. The molecule has 0 spiro atoms. The predicted octanol–water partition coefficient (Wildman–Crippen LogP) is 2.44. The Morgan fingerprint density at radius 3 is 2.72 bits per heavy atom. The highest BCUT2D eigenvalue weighted by Gasteiger charge is 2.20. The number of rotatable bonds is 5. The van der Waals surface area contributed by atoms with Gasteiger partial charge in [0.2, 0.25) is 0 Å². The molecule has 1 aromatic carbocycles. The van der Waals surface area contributed by atoms with E-state index in [4.69, 9.17) is 4.74 Å². The number of nitrogens with one attached hydrogen (secondary N) is 1. The summed E-state index contributed by atoms with van der Waals surface area (Å²) in [6, 6.07) is 9.08. The fourth-order valence-corrected chi connectivity index (χ4v) is 2.68. The normalized spacial score (nSPS) is 18.6. The topological polar surface area (TPSA) is 24.5 Å². The maximum Gasteiger partial charge on any atom is 0.119 e. The van der Waals surface area contributed by atoms with Gasteiger partial charge in [0, 0.05) is 32.2 Å². The molecule has 100 valence electrons. The first-order valence-electron chi connectivity index (χ1n) is 7.02. The van der Waals surface area contributed by atoms with Crippen molar-refractivity contribution in [3.05, 3.63) is 29.8 Å². The lowest BCUT2D eigenvalue weighted by atomic mass is 10.0. The molecule has 0 aliphatic carbocycles. The summed E-state index contributed by atoms with van der Waals surface area (Å²) in [6.45, 7) is 9.49. The van der Waals surface area contributed by atoms with E-state index in [1.54, 1.807) is 0 Å². The summed E-state index contributed by atoms with van der Waals surface area (Å²) in [7, 11) is 0. The molecule has 3 nitrogen and oxygen atoms in total. The van der Waals surface area contributed by atoms with Crippen LogP contribution in [-0.4, -0.2) is 37.7 Å². The minimum Gasteiger partial charge on any atom is -0.494 e. The van der Waals surface area contributed by atoms with Crippen LogP contribution in [0.3, 0.4) is 0 Å². The van der Waals surface area contributed by atoms with E-state index in [0.717, 1.165) is 45.0 Å². The second kappa shape index (κ2) is 6.76. The van der Waals surface area contributed by atoms with Crippen molar-refractivity contribution < 1.29 is 4.74 Å². The molecule has 2 rings (SSSR count). The quantitative estimate of drug-likeness (QED) is 0.866. The molecule has 0 bridgehead atoms. The van der Waals surface area contributed by atoms with Gasteiger partial charge in [-0.3, -0.25) is 4.90 Å². The molecule has 1 N–H and O–H groups in total. The molecule has 0 unspecified atom stereocenters. The third kappa shape index (κ3) is 3.24. The van der Waals surface area contributed by atoms with Crippen LogP contribution in [0.25, 0.3) is 0 Å². The number of ether oxygens (including phenoxy) is 1. The lowest BCUT2D eigenvalue weighted by molar-refractivity contribution is 0.169. The lowest BCUT2D eigenvalue weighted by Crippen LogP contribution is -2.45. The van der Waals surface area contributed by atoms with Crippen molar-refractivity contribution in [3.8, 4) is 5.75 Å². The van der Waals surface area contributed by atoms with E-state index in [1.807, 2.05) is 13.0 Å². The fraction of sp³-hybridized carbons (Fsp3) is 0.600. The van der Waals surface area contributed by atoms with Crippen molar-refractivity contribution in [2.45, 2.75) is 26.3 Å². The monoisotopic (exact) mass is 248 g/mol. The maximum absolute atomic E-state index is 5.60. The molecular formula is C15H24N2O. The molecule has 0 radical (unpaired) electrons. The summed E-state index contributed by atoms with van der Waals surface area (Å²) in [6.07, 6.45) is 1.15. The van der Waals surface area contributed by atoms with Gasteiger partial charge in [-0.2, -0.15) is 0 Å². The zero-order chi connectivity index (χ0) is 12.8. The average molecular weight is 248 g/mol. The smallest absolute Gasteiger partial charge is 0.119 e. The number of nitrogens with zero attached hydrogens (tertiary/aromatic N) is 1. The highest BCUT2D eigenvalue weighted by atomic mass is 16.5. The van der Waals surface area contributed by atoms with Gasteiger partial charge in [-0.25, -0.2) is 0 Å².